The van der Waals surface area contributed by atoms with E-state index in [-0.39, 0.29) is 16.9 Å². The number of esters is 1. The number of hydrogen-bond acceptors (Lipinski definition) is 7. The van der Waals surface area contributed by atoms with E-state index in [0.29, 0.717) is 0 Å². The van der Waals surface area contributed by atoms with Crippen LogP contribution in [0.4, 0.5) is 11.4 Å². The number of aliphatic hydroxyl groups is 2. The second-order valence-corrected chi connectivity index (χ2v) is 3.14. The van der Waals surface area contributed by atoms with Crippen molar-refractivity contribution in [3.05, 3.63) is 18.0 Å². The van der Waals surface area contributed by atoms with E-state index >= 15 is 0 Å². The summed E-state index contributed by atoms with van der Waals surface area (Å²) in [5, 5.41) is 19.1. The van der Waals surface area contributed by atoms with Gasteiger partial charge in [0.25, 0.3) is 0 Å². The Kier molecular flexibility index (Phi) is 3.64. The number of hydrogen-bond donors (Lipinski definition) is 4. The highest BCUT2D eigenvalue weighted by molar-refractivity contribution is 5.76. The zero-order valence-corrected chi connectivity index (χ0v) is 8.62. The van der Waals surface area contributed by atoms with Crippen LogP contribution >= 0.6 is 0 Å². The molecule has 1 heterocycles. The number of ether oxygens (including phenoxy) is 1. The maximum absolute atomic E-state index is 11.0. The lowest BCUT2D eigenvalue weighted by atomic mass is 10.0. The Morgan fingerprint density at radius 3 is 2.62 bits per heavy atom. The maximum Gasteiger partial charge on any atom is 0.337 e. The summed E-state index contributed by atoms with van der Waals surface area (Å²) in [5.41, 5.74) is 11.4. The molecule has 0 spiro atoms. The Bertz CT molecular complexity index is 396. The van der Waals surface area contributed by atoms with Crippen molar-refractivity contribution in [3.63, 3.8) is 0 Å². The summed E-state index contributed by atoms with van der Waals surface area (Å²) < 4.78 is 4.28. The quantitative estimate of drug-likeness (QED) is 0.477. The third-order valence-electron chi connectivity index (χ3n) is 2.11. The van der Waals surface area contributed by atoms with E-state index < -0.39 is 18.2 Å². The maximum atomic E-state index is 11.0. The Morgan fingerprint density at radius 1 is 1.44 bits per heavy atom. The number of nitrogen functional groups attached to an aromatic ring is 2. The van der Waals surface area contributed by atoms with E-state index in [1.54, 1.807) is 0 Å². The van der Waals surface area contributed by atoms with Gasteiger partial charge in [0.05, 0.1) is 24.7 Å². The highest BCUT2D eigenvalue weighted by Crippen LogP contribution is 2.26. The van der Waals surface area contributed by atoms with Crippen LogP contribution in [0.25, 0.3) is 0 Å². The van der Waals surface area contributed by atoms with E-state index in [2.05, 4.69) is 9.72 Å². The van der Waals surface area contributed by atoms with Gasteiger partial charge in [0.2, 0.25) is 0 Å². The third-order valence-corrected chi connectivity index (χ3v) is 2.11. The molecular weight excluding hydrogens is 214 g/mol. The number of nitrogens with two attached hydrogens (primary N) is 2. The monoisotopic (exact) mass is 227 g/mol. The molecule has 16 heavy (non-hydrogen) atoms. The summed E-state index contributed by atoms with van der Waals surface area (Å²) in [6.45, 7) is 0. The van der Waals surface area contributed by atoms with Crippen molar-refractivity contribution in [3.8, 4) is 0 Å². The van der Waals surface area contributed by atoms with Gasteiger partial charge < -0.3 is 26.4 Å². The van der Waals surface area contributed by atoms with Gasteiger partial charge in [-0.25, -0.2) is 4.79 Å². The Labute approximate surface area is 91.7 Å². The van der Waals surface area contributed by atoms with E-state index in [4.69, 9.17) is 11.5 Å². The van der Waals surface area contributed by atoms with Crippen molar-refractivity contribution in [1.82, 2.24) is 4.98 Å². The van der Waals surface area contributed by atoms with Crippen LogP contribution < -0.4 is 11.5 Å². The molecule has 7 nitrogen and oxygen atoms in total. The molecule has 1 aromatic rings. The first kappa shape index (κ1) is 12.2. The first-order valence-electron chi connectivity index (χ1n) is 4.41. The molecule has 0 aliphatic heterocycles. The normalized spacial score (nSPS) is 14.2. The second-order valence-electron chi connectivity index (χ2n) is 3.14. The van der Waals surface area contributed by atoms with Crippen LogP contribution in [-0.4, -0.2) is 34.4 Å². The summed E-state index contributed by atoms with van der Waals surface area (Å²) >= 11 is 0. The lowest BCUT2D eigenvalue weighted by Crippen LogP contribution is -2.29. The molecule has 0 aliphatic carbocycles. The van der Waals surface area contributed by atoms with Gasteiger partial charge in [-0.15, -0.1) is 0 Å². The fourth-order valence-corrected chi connectivity index (χ4v) is 1.16. The Balaban J connectivity index is 3.00. The Morgan fingerprint density at radius 2 is 2.06 bits per heavy atom. The molecule has 0 fully saturated rings. The molecule has 0 radical (unpaired) electrons. The van der Waals surface area contributed by atoms with Crippen molar-refractivity contribution in [2.24, 2.45) is 0 Å². The van der Waals surface area contributed by atoms with Crippen molar-refractivity contribution in [2.45, 2.75) is 12.2 Å². The predicted molar refractivity (Wildman–Crippen MR) is 56.0 cm³/mol. The average molecular weight is 227 g/mol. The van der Waals surface area contributed by atoms with Gasteiger partial charge in [0.15, 0.2) is 6.10 Å². The largest absolute Gasteiger partial charge is 0.467 e. The van der Waals surface area contributed by atoms with Crippen LogP contribution in [-0.2, 0) is 9.53 Å². The van der Waals surface area contributed by atoms with E-state index in [0.717, 1.165) is 7.11 Å². The molecule has 0 saturated carbocycles. The lowest BCUT2D eigenvalue weighted by molar-refractivity contribution is -0.156. The van der Waals surface area contributed by atoms with Gasteiger partial charge in [-0.2, -0.15) is 0 Å². The number of carbonyl (C=O) groups is 1. The highest BCUT2D eigenvalue weighted by Gasteiger charge is 2.28. The number of aliphatic hydroxyl groups excluding tert-OH is 2. The minimum Gasteiger partial charge on any atom is -0.467 e. The Hall–Kier alpha value is -1.86. The standard InChI is InChI=1S/C9H13N3O4/c1-16-9(15)8(14)7(13)4-2-12-3-5(10)6(4)11/h2-3,7-8,13-14H,10H2,1H3,(H2,11,12). The van der Waals surface area contributed by atoms with Gasteiger partial charge in [-0.1, -0.05) is 0 Å². The van der Waals surface area contributed by atoms with E-state index in [9.17, 15) is 15.0 Å². The molecule has 0 aromatic carbocycles. The number of anilines is 2. The molecule has 7 heteroatoms. The fourth-order valence-electron chi connectivity index (χ4n) is 1.16. The lowest BCUT2D eigenvalue weighted by Gasteiger charge is -2.17. The van der Waals surface area contributed by atoms with E-state index in [1.807, 2.05) is 0 Å². The van der Waals surface area contributed by atoms with Crippen LogP contribution in [0.1, 0.15) is 11.7 Å². The van der Waals surface area contributed by atoms with Crippen LogP contribution in [0.3, 0.4) is 0 Å². The minimum absolute atomic E-state index is 0.0745. The summed E-state index contributed by atoms with van der Waals surface area (Å²) in [4.78, 5) is 14.7. The summed E-state index contributed by atoms with van der Waals surface area (Å²) in [7, 11) is 1.10. The molecule has 1 rings (SSSR count). The summed E-state index contributed by atoms with van der Waals surface area (Å²) in [6.07, 6.45) is -0.724. The van der Waals surface area contributed by atoms with E-state index in [1.165, 1.54) is 12.4 Å². The van der Waals surface area contributed by atoms with Crippen molar-refractivity contribution < 1.29 is 19.7 Å². The van der Waals surface area contributed by atoms with Crippen molar-refractivity contribution in [2.75, 3.05) is 18.6 Å². The topological polar surface area (TPSA) is 132 Å². The highest BCUT2D eigenvalue weighted by atomic mass is 16.5. The number of pyridine rings is 1. The molecule has 0 amide bonds. The van der Waals surface area contributed by atoms with Gasteiger partial charge in [0, 0.05) is 11.8 Å². The molecule has 0 bridgehead atoms. The molecule has 2 atom stereocenters. The number of carbonyl (C=O) groups excluding carboxylic acids is 1. The SMILES string of the molecule is COC(=O)C(O)C(O)c1cncc(N)c1N. The summed E-state index contributed by atoms with van der Waals surface area (Å²) in [6, 6.07) is 0. The van der Waals surface area contributed by atoms with Gasteiger partial charge in [0.1, 0.15) is 6.10 Å². The van der Waals surface area contributed by atoms with Gasteiger partial charge in [-0.3, -0.25) is 4.98 Å². The van der Waals surface area contributed by atoms with Crippen LogP contribution in [0, 0.1) is 0 Å². The zero-order valence-electron chi connectivity index (χ0n) is 8.62. The number of methoxy groups -OCH3 is 1. The smallest absolute Gasteiger partial charge is 0.337 e. The molecule has 1 aromatic heterocycles. The molecule has 88 valence electrons. The van der Waals surface area contributed by atoms with Gasteiger partial charge >= 0.3 is 5.97 Å². The number of nitrogens with zero attached hydrogens (tertiary/aromatic N) is 1. The zero-order chi connectivity index (χ0) is 12.3. The molecule has 2 unspecified atom stereocenters. The average Bonchev–Trinajstić information content (AvgIpc) is 2.29. The number of aromatic nitrogens is 1. The van der Waals surface area contributed by atoms with Crippen LogP contribution in [0.2, 0.25) is 0 Å². The summed E-state index contributed by atoms with van der Waals surface area (Å²) in [5.74, 6) is -0.964. The molecular formula is C9H13N3O4. The number of rotatable bonds is 3. The minimum atomic E-state index is -1.73. The first-order valence-corrected chi connectivity index (χ1v) is 4.41. The molecule has 0 aliphatic rings. The molecule has 6 N–H and O–H groups in total. The third kappa shape index (κ3) is 2.20. The molecule has 0 saturated heterocycles. The van der Waals surface area contributed by atoms with Crippen molar-refractivity contribution in [1.29, 1.82) is 0 Å². The first-order chi connectivity index (χ1) is 7.49. The predicted octanol–water partition coefficient (Wildman–Crippen LogP) is -1.19. The van der Waals surface area contributed by atoms with Crippen LogP contribution in [0.5, 0.6) is 0 Å². The van der Waals surface area contributed by atoms with Gasteiger partial charge in [-0.05, 0) is 0 Å². The van der Waals surface area contributed by atoms with Crippen LogP contribution in [0.15, 0.2) is 12.4 Å². The fraction of sp³-hybridized carbons (Fsp3) is 0.333. The second kappa shape index (κ2) is 4.77. The van der Waals surface area contributed by atoms with Crippen molar-refractivity contribution >= 4 is 17.3 Å².